The van der Waals surface area contributed by atoms with Crippen LogP contribution in [0.1, 0.15) is 40.2 Å². The Kier molecular flexibility index (Phi) is 4.62. The van der Waals surface area contributed by atoms with Gasteiger partial charge in [-0.05, 0) is 16.4 Å². The number of carbonyl (C=O) groups excluding carboxylic acids is 1. The molecule has 130 valence electrons. The molecule has 0 aliphatic heterocycles. The maximum atomic E-state index is 12.0. The van der Waals surface area contributed by atoms with Crippen LogP contribution in [0.4, 0.5) is 0 Å². The van der Waals surface area contributed by atoms with Crippen LogP contribution in [0.2, 0.25) is 0 Å². The third kappa shape index (κ3) is 2.85. The Morgan fingerprint density at radius 1 is 1.21 bits per heavy atom. The lowest BCUT2D eigenvalue weighted by Crippen LogP contribution is -2.35. The van der Waals surface area contributed by atoms with Crippen molar-refractivity contribution in [3.8, 4) is 0 Å². The molecule has 1 N–H and O–H groups in total. The van der Waals surface area contributed by atoms with Gasteiger partial charge in [-0.2, -0.15) is 0 Å². The van der Waals surface area contributed by atoms with Gasteiger partial charge in [0.05, 0.1) is 5.41 Å². The Bertz CT molecular complexity index is 652. The number of carboxylic acid groups (broad SMARTS) is 1. The lowest BCUT2D eigenvalue weighted by atomic mass is 9.72. The average Bonchev–Trinajstić information content (AvgIpc) is 3.01. The molecule has 0 radical (unpaired) electrons. The predicted octanol–water partition coefficient (Wildman–Crippen LogP) is 4.06. The summed E-state index contributed by atoms with van der Waals surface area (Å²) in [6.45, 7) is 9.90. The quantitative estimate of drug-likeness (QED) is 0.653. The number of carboxylic acids is 1. The number of rotatable bonds is 5. The average molecular weight is 330 g/mol. The maximum Gasteiger partial charge on any atom is 0.330 e. The minimum Gasteiger partial charge on any atom is -0.481 e. The van der Waals surface area contributed by atoms with E-state index in [1.54, 1.807) is 6.08 Å². The molecular weight excluding hydrogens is 304 g/mol. The molecule has 4 nitrogen and oxygen atoms in total. The SMILES string of the molecule is CC(C)(C)[C@]1(C(=O)O)[C@@H](/C=C\C(=O)OCc2ccccc2)C1(C)C. The highest BCUT2D eigenvalue weighted by Crippen LogP contribution is 2.76. The summed E-state index contributed by atoms with van der Waals surface area (Å²) in [7, 11) is 0. The van der Waals surface area contributed by atoms with Gasteiger partial charge in [-0.15, -0.1) is 0 Å². The second-order valence-electron chi connectivity index (χ2n) is 8.01. The Hall–Kier alpha value is -2.10. The number of hydrogen-bond acceptors (Lipinski definition) is 3. The van der Waals surface area contributed by atoms with Gasteiger partial charge in [-0.25, -0.2) is 4.79 Å². The van der Waals surface area contributed by atoms with Crippen LogP contribution in [0.25, 0.3) is 0 Å². The largest absolute Gasteiger partial charge is 0.481 e. The van der Waals surface area contributed by atoms with Crippen LogP contribution >= 0.6 is 0 Å². The second-order valence-corrected chi connectivity index (χ2v) is 8.01. The molecule has 1 fully saturated rings. The Labute approximate surface area is 143 Å². The van der Waals surface area contributed by atoms with Gasteiger partial charge in [0.1, 0.15) is 6.61 Å². The van der Waals surface area contributed by atoms with E-state index >= 15 is 0 Å². The Balaban J connectivity index is 2.06. The van der Waals surface area contributed by atoms with Crippen molar-refractivity contribution in [3.05, 3.63) is 48.0 Å². The minimum atomic E-state index is -0.879. The molecule has 1 aliphatic rings. The third-order valence-electron chi connectivity index (χ3n) is 5.35. The molecule has 1 aromatic rings. The van der Waals surface area contributed by atoms with Gasteiger partial charge in [0.15, 0.2) is 0 Å². The molecule has 0 unspecified atom stereocenters. The minimum absolute atomic E-state index is 0.202. The lowest BCUT2D eigenvalue weighted by Gasteiger charge is -2.30. The van der Waals surface area contributed by atoms with Gasteiger partial charge >= 0.3 is 11.9 Å². The number of aliphatic carboxylic acids is 1. The zero-order valence-corrected chi connectivity index (χ0v) is 15.0. The zero-order chi connectivity index (χ0) is 18.2. The highest BCUT2D eigenvalue weighted by atomic mass is 16.5. The number of esters is 1. The summed E-state index contributed by atoms with van der Waals surface area (Å²) in [4.78, 5) is 23.9. The fraction of sp³-hybridized carbons (Fsp3) is 0.500. The molecule has 2 atom stereocenters. The number of allylic oxidation sites excluding steroid dienone is 1. The van der Waals surface area contributed by atoms with Gasteiger partial charge in [-0.1, -0.05) is 71.0 Å². The number of ether oxygens (including phenoxy) is 1. The maximum absolute atomic E-state index is 12.0. The summed E-state index contributed by atoms with van der Waals surface area (Å²) in [5.41, 5.74) is -0.782. The molecule has 0 bridgehead atoms. The molecule has 1 saturated carbocycles. The monoisotopic (exact) mass is 330 g/mol. The van der Waals surface area contributed by atoms with Crippen molar-refractivity contribution < 1.29 is 19.4 Å². The van der Waals surface area contributed by atoms with Crippen LogP contribution in [0.5, 0.6) is 0 Å². The van der Waals surface area contributed by atoms with Crippen molar-refractivity contribution in [1.82, 2.24) is 0 Å². The van der Waals surface area contributed by atoms with E-state index in [1.807, 2.05) is 65.0 Å². The van der Waals surface area contributed by atoms with Crippen LogP contribution in [-0.2, 0) is 20.9 Å². The topological polar surface area (TPSA) is 63.6 Å². The van der Waals surface area contributed by atoms with Crippen molar-refractivity contribution >= 4 is 11.9 Å². The van der Waals surface area contributed by atoms with Crippen molar-refractivity contribution in [2.45, 2.75) is 41.2 Å². The molecule has 1 aromatic carbocycles. The smallest absolute Gasteiger partial charge is 0.330 e. The molecule has 0 amide bonds. The fourth-order valence-corrected chi connectivity index (χ4v) is 4.30. The van der Waals surface area contributed by atoms with E-state index < -0.39 is 28.2 Å². The van der Waals surface area contributed by atoms with Gasteiger partial charge in [0.25, 0.3) is 0 Å². The number of hydrogen-bond donors (Lipinski definition) is 1. The van der Waals surface area contributed by atoms with E-state index in [9.17, 15) is 14.7 Å². The van der Waals surface area contributed by atoms with Gasteiger partial charge < -0.3 is 9.84 Å². The lowest BCUT2D eigenvalue weighted by molar-refractivity contribution is -0.150. The van der Waals surface area contributed by atoms with Crippen molar-refractivity contribution in [2.75, 3.05) is 0 Å². The second kappa shape index (κ2) is 6.08. The predicted molar refractivity (Wildman–Crippen MR) is 92.2 cm³/mol. The van der Waals surface area contributed by atoms with Crippen LogP contribution in [0.3, 0.4) is 0 Å². The molecule has 0 heterocycles. The van der Waals surface area contributed by atoms with Crippen LogP contribution < -0.4 is 0 Å². The van der Waals surface area contributed by atoms with Gasteiger partial charge in [0, 0.05) is 12.0 Å². The normalized spacial score (nSPS) is 25.5. The van der Waals surface area contributed by atoms with Crippen molar-refractivity contribution in [3.63, 3.8) is 0 Å². The van der Waals surface area contributed by atoms with Crippen LogP contribution in [0.15, 0.2) is 42.5 Å². The van der Waals surface area contributed by atoms with E-state index in [1.165, 1.54) is 6.08 Å². The number of benzene rings is 1. The van der Waals surface area contributed by atoms with E-state index in [4.69, 9.17) is 4.74 Å². The molecule has 0 spiro atoms. The third-order valence-corrected chi connectivity index (χ3v) is 5.35. The summed E-state index contributed by atoms with van der Waals surface area (Å²) in [6, 6.07) is 9.44. The molecule has 0 saturated heterocycles. The molecular formula is C20H26O4. The zero-order valence-electron chi connectivity index (χ0n) is 15.0. The van der Waals surface area contributed by atoms with Gasteiger partial charge in [0.2, 0.25) is 0 Å². The van der Waals surface area contributed by atoms with Gasteiger partial charge in [-0.3, -0.25) is 4.79 Å². The van der Waals surface area contributed by atoms with E-state index in [0.29, 0.717) is 0 Å². The molecule has 1 aliphatic carbocycles. The molecule has 24 heavy (non-hydrogen) atoms. The van der Waals surface area contributed by atoms with Crippen molar-refractivity contribution in [2.24, 2.45) is 22.2 Å². The van der Waals surface area contributed by atoms with E-state index in [0.717, 1.165) is 5.56 Å². The summed E-state index contributed by atoms with van der Waals surface area (Å²) in [6.07, 6.45) is 3.07. The summed E-state index contributed by atoms with van der Waals surface area (Å²) in [5, 5.41) is 9.81. The standard InChI is InChI=1S/C20H26O4/c1-18(2,3)20(17(22)23)15(19(20,4)5)11-12-16(21)24-13-14-9-7-6-8-10-14/h6-12,15H,13H2,1-5H3,(H,22,23)/b12-11-/t15-,20+/m0/s1. The summed E-state index contributed by atoms with van der Waals surface area (Å²) >= 11 is 0. The first-order chi connectivity index (χ1) is 11.0. The Morgan fingerprint density at radius 3 is 2.25 bits per heavy atom. The molecule has 0 aromatic heterocycles. The highest BCUT2D eigenvalue weighted by Gasteiger charge is 2.79. The van der Waals surface area contributed by atoms with Crippen LogP contribution in [-0.4, -0.2) is 17.0 Å². The summed E-state index contributed by atoms with van der Waals surface area (Å²) < 4.78 is 5.22. The van der Waals surface area contributed by atoms with Crippen LogP contribution in [0, 0.1) is 22.2 Å². The fourth-order valence-electron chi connectivity index (χ4n) is 4.30. The molecule has 2 rings (SSSR count). The number of carbonyl (C=O) groups is 2. The highest BCUT2D eigenvalue weighted by molar-refractivity contribution is 5.85. The molecule has 4 heteroatoms. The first kappa shape index (κ1) is 18.2. The summed E-state index contributed by atoms with van der Waals surface area (Å²) in [5.74, 6) is -1.46. The first-order valence-corrected chi connectivity index (χ1v) is 8.17. The van der Waals surface area contributed by atoms with E-state index in [2.05, 4.69) is 0 Å². The van der Waals surface area contributed by atoms with Crippen molar-refractivity contribution in [1.29, 1.82) is 0 Å². The van der Waals surface area contributed by atoms with E-state index in [-0.39, 0.29) is 12.5 Å². The Morgan fingerprint density at radius 2 is 1.79 bits per heavy atom. The first-order valence-electron chi connectivity index (χ1n) is 8.17.